The van der Waals surface area contributed by atoms with E-state index in [1.165, 1.54) is 11.6 Å². The van der Waals surface area contributed by atoms with E-state index in [2.05, 4.69) is 17.4 Å². The minimum Gasteiger partial charge on any atom is -0.493 e. The van der Waals surface area contributed by atoms with Crippen LogP contribution in [0.4, 0.5) is 0 Å². The van der Waals surface area contributed by atoms with Crippen LogP contribution in [0.2, 0.25) is 0 Å². The van der Waals surface area contributed by atoms with Crippen molar-refractivity contribution in [2.24, 2.45) is 0 Å². The molecule has 4 nitrogen and oxygen atoms in total. The lowest BCUT2D eigenvalue weighted by Gasteiger charge is -2.07. The maximum Gasteiger partial charge on any atom is 0.244 e. The van der Waals surface area contributed by atoms with Crippen molar-refractivity contribution >= 4 is 23.7 Å². The molecule has 0 saturated heterocycles. The standard InChI is InChI=1S/C20H23NO3S/c1-23-18-10-8-16(14-19(18)24-2)9-11-20(22)21-12-13-25-15-17-6-4-3-5-7-17/h3-11,14H,12-13,15H2,1-2H3,(H,21,22). The first kappa shape index (κ1) is 18.9. The van der Waals surface area contributed by atoms with Crippen molar-refractivity contribution in [3.8, 4) is 11.5 Å². The van der Waals surface area contributed by atoms with Crippen molar-refractivity contribution < 1.29 is 14.3 Å². The Bertz CT molecular complexity index is 701. The number of rotatable bonds is 9. The highest BCUT2D eigenvalue weighted by molar-refractivity contribution is 7.98. The molecule has 25 heavy (non-hydrogen) atoms. The smallest absolute Gasteiger partial charge is 0.244 e. The van der Waals surface area contributed by atoms with Crippen LogP contribution in [0.15, 0.2) is 54.6 Å². The van der Waals surface area contributed by atoms with Gasteiger partial charge < -0.3 is 14.8 Å². The molecule has 0 atom stereocenters. The first-order chi connectivity index (χ1) is 12.2. The van der Waals surface area contributed by atoms with E-state index in [4.69, 9.17) is 9.47 Å². The van der Waals surface area contributed by atoms with Crippen LogP contribution in [0, 0.1) is 0 Å². The van der Waals surface area contributed by atoms with Crippen LogP contribution in [0.25, 0.3) is 6.08 Å². The quantitative estimate of drug-likeness (QED) is 0.548. The number of ether oxygens (including phenoxy) is 2. The van der Waals surface area contributed by atoms with Gasteiger partial charge in [0.15, 0.2) is 11.5 Å². The van der Waals surface area contributed by atoms with Gasteiger partial charge in [-0.15, -0.1) is 0 Å². The summed E-state index contributed by atoms with van der Waals surface area (Å²) in [6.07, 6.45) is 3.29. The van der Waals surface area contributed by atoms with Gasteiger partial charge in [-0.3, -0.25) is 4.79 Å². The number of benzene rings is 2. The van der Waals surface area contributed by atoms with Crippen LogP contribution in [0.5, 0.6) is 11.5 Å². The number of thioether (sulfide) groups is 1. The molecule has 0 saturated carbocycles. The minimum absolute atomic E-state index is 0.102. The zero-order chi connectivity index (χ0) is 17.9. The van der Waals surface area contributed by atoms with E-state index in [-0.39, 0.29) is 5.91 Å². The van der Waals surface area contributed by atoms with Gasteiger partial charge >= 0.3 is 0 Å². The van der Waals surface area contributed by atoms with Crippen molar-refractivity contribution in [2.75, 3.05) is 26.5 Å². The monoisotopic (exact) mass is 357 g/mol. The van der Waals surface area contributed by atoms with Gasteiger partial charge in [0.2, 0.25) is 5.91 Å². The SMILES string of the molecule is COc1ccc(C=CC(=O)NCCSCc2ccccc2)cc1OC. The normalized spacial score (nSPS) is 10.6. The van der Waals surface area contributed by atoms with Crippen molar-refractivity contribution in [1.82, 2.24) is 5.32 Å². The largest absolute Gasteiger partial charge is 0.493 e. The number of nitrogens with one attached hydrogen (secondary N) is 1. The lowest BCUT2D eigenvalue weighted by Crippen LogP contribution is -2.23. The second-order valence-corrected chi connectivity index (χ2v) is 6.38. The molecule has 0 bridgehead atoms. The van der Waals surface area contributed by atoms with Crippen LogP contribution in [0.3, 0.4) is 0 Å². The maximum absolute atomic E-state index is 11.9. The predicted molar refractivity (Wildman–Crippen MR) is 104 cm³/mol. The fourth-order valence-corrected chi connectivity index (χ4v) is 3.02. The Balaban J connectivity index is 1.72. The Kier molecular flexibility index (Phi) is 7.92. The summed E-state index contributed by atoms with van der Waals surface area (Å²) >= 11 is 1.80. The highest BCUT2D eigenvalue weighted by Gasteiger charge is 2.03. The molecule has 2 aromatic carbocycles. The lowest BCUT2D eigenvalue weighted by atomic mass is 10.2. The number of amides is 1. The summed E-state index contributed by atoms with van der Waals surface area (Å²) in [5, 5.41) is 2.89. The highest BCUT2D eigenvalue weighted by atomic mass is 32.2. The number of hydrogen-bond acceptors (Lipinski definition) is 4. The molecule has 0 unspecified atom stereocenters. The third-order valence-electron chi connectivity index (χ3n) is 3.49. The third kappa shape index (κ3) is 6.55. The predicted octanol–water partition coefficient (Wildman–Crippen LogP) is 3.77. The van der Waals surface area contributed by atoms with Gasteiger partial charge in [0.1, 0.15) is 0 Å². The molecule has 2 rings (SSSR count). The van der Waals surface area contributed by atoms with E-state index in [0.717, 1.165) is 17.1 Å². The van der Waals surface area contributed by atoms with Gasteiger partial charge in [-0.2, -0.15) is 11.8 Å². The van der Waals surface area contributed by atoms with E-state index >= 15 is 0 Å². The molecule has 0 aliphatic carbocycles. The summed E-state index contributed by atoms with van der Waals surface area (Å²) in [6, 6.07) is 15.8. The molecule has 0 aromatic heterocycles. The van der Waals surface area contributed by atoms with Gasteiger partial charge in [0, 0.05) is 24.1 Å². The molecule has 1 amide bonds. The van der Waals surface area contributed by atoms with E-state index < -0.39 is 0 Å². The van der Waals surface area contributed by atoms with Crippen molar-refractivity contribution in [3.05, 3.63) is 65.7 Å². The second-order valence-electron chi connectivity index (χ2n) is 5.28. The molecule has 0 fully saturated rings. The van der Waals surface area contributed by atoms with Crippen LogP contribution in [-0.2, 0) is 10.5 Å². The lowest BCUT2D eigenvalue weighted by molar-refractivity contribution is -0.116. The average molecular weight is 357 g/mol. The van der Waals surface area contributed by atoms with Gasteiger partial charge in [-0.1, -0.05) is 36.4 Å². The van der Waals surface area contributed by atoms with Crippen LogP contribution in [-0.4, -0.2) is 32.4 Å². The highest BCUT2D eigenvalue weighted by Crippen LogP contribution is 2.27. The molecular formula is C20H23NO3S. The summed E-state index contributed by atoms with van der Waals surface area (Å²) in [5.41, 5.74) is 2.18. The number of carbonyl (C=O) groups is 1. The summed E-state index contributed by atoms with van der Waals surface area (Å²) < 4.78 is 10.4. The Morgan fingerprint density at radius 3 is 2.56 bits per heavy atom. The van der Waals surface area contributed by atoms with Crippen LogP contribution >= 0.6 is 11.8 Å². The number of carbonyl (C=O) groups excluding carboxylic acids is 1. The molecule has 1 N–H and O–H groups in total. The van der Waals surface area contributed by atoms with E-state index in [1.54, 1.807) is 32.1 Å². The van der Waals surface area contributed by atoms with Crippen molar-refractivity contribution in [3.63, 3.8) is 0 Å². The first-order valence-electron chi connectivity index (χ1n) is 8.02. The maximum atomic E-state index is 11.9. The summed E-state index contributed by atoms with van der Waals surface area (Å²) in [4.78, 5) is 11.9. The Morgan fingerprint density at radius 1 is 1.08 bits per heavy atom. The van der Waals surface area contributed by atoms with E-state index in [0.29, 0.717) is 18.0 Å². The van der Waals surface area contributed by atoms with Crippen LogP contribution < -0.4 is 14.8 Å². The molecular weight excluding hydrogens is 334 g/mol. The third-order valence-corrected chi connectivity index (χ3v) is 4.52. The van der Waals surface area contributed by atoms with E-state index in [1.807, 2.05) is 36.4 Å². The Labute approximate surface area is 153 Å². The van der Waals surface area contributed by atoms with Gasteiger partial charge in [0.05, 0.1) is 14.2 Å². The van der Waals surface area contributed by atoms with Crippen molar-refractivity contribution in [2.45, 2.75) is 5.75 Å². The molecule has 0 spiro atoms. The van der Waals surface area contributed by atoms with Crippen molar-refractivity contribution in [1.29, 1.82) is 0 Å². The van der Waals surface area contributed by atoms with Crippen LogP contribution in [0.1, 0.15) is 11.1 Å². The number of methoxy groups -OCH3 is 2. The fraction of sp³-hybridized carbons (Fsp3) is 0.250. The van der Waals surface area contributed by atoms with E-state index in [9.17, 15) is 4.79 Å². The second kappa shape index (κ2) is 10.5. The summed E-state index contributed by atoms with van der Waals surface area (Å²) in [6.45, 7) is 0.645. The molecule has 132 valence electrons. The zero-order valence-corrected chi connectivity index (χ0v) is 15.3. The summed E-state index contributed by atoms with van der Waals surface area (Å²) in [5.74, 6) is 3.04. The molecule has 0 radical (unpaired) electrons. The zero-order valence-electron chi connectivity index (χ0n) is 14.5. The average Bonchev–Trinajstić information content (AvgIpc) is 2.66. The van der Waals surface area contributed by atoms with Gasteiger partial charge in [-0.05, 0) is 29.3 Å². The Morgan fingerprint density at radius 2 is 1.84 bits per heavy atom. The molecule has 2 aromatic rings. The first-order valence-corrected chi connectivity index (χ1v) is 9.18. The fourth-order valence-electron chi connectivity index (χ4n) is 2.20. The molecule has 5 heteroatoms. The Hall–Kier alpha value is -2.40. The van der Waals surface area contributed by atoms with Gasteiger partial charge in [-0.25, -0.2) is 0 Å². The number of hydrogen-bond donors (Lipinski definition) is 1. The summed E-state index contributed by atoms with van der Waals surface area (Å²) in [7, 11) is 3.18. The molecule has 0 aliphatic heterocycles. The molecule has 0 heterocycles. The topological polar surface area (TPSA) is 47.6 Å². The molecule has 0 aliphatic rings. The minimum atomic E-state index is -0.102. The van der Waals surface area contributed by atoms with Gasteiger partial charge in [0.25, 0.3) is 0 Å².